The summed E-state index contributed by atoms with van der Waals surface area (Å²) in [6.07, 6.45) is 0.814. The summed E-state index contributed by atoms with van der Waals surface area (Å²) in [6.45, 7) is 5.15. The van der Waals surface area contributed by atoms with E-state index in [1.54, 1.807) is 32.9 Å². The summed E-state index contributed by atoms with van der Waals surface area (Å²) >= 11 is 0. The molecular weight excluding hydrogens is 312 g/mol. The molecule has 1 fully saturated rings. The predicted octanol–water partition coefficient (Wildman–Crippen LogP) is 1.68. The minimum Gasteiger partial charge on any atom is -0.507 e. The third-order valence-corrected chi connectivity index (χ3v) is 5.46. The van der Waals surface area contributed by atoms with Gasteiger partial charge in [-0.05, 0) is 37.3 Å². The van der Waals surface area contributed by atoms with E-state index in [2.05, 4.69) is 10.9 Å². The number of carbonyl (C=O) groups excluding carboxylic acids is 2. The zero-order valence-electron chi connectivity index (χ0n) is 13.9. The molecule has 130 valence electrons. The van der Waals surface area contributed by atoms with E-state index in [0.717, 1.165) is 0 Å². The molecule has 7 heteroatoms. The number of aromatic hydroxyl groups is 1. The molecule has 0 bridgehead atoms. The van der Waals surface area contributed by atoms with Crippen LogP contribution < -0.4 is 10.9 Å². The average molecular weight is 334 g/mol. The first kappa shape index (κ1) is 17.8. The number of benzene rings is 1. The molecule has 1 saturated carbocycles. The summed E-state index contributed by atoms with van der Waals surface area (Å²) in [6, 6.07) is 5.97. The highest BCUT2D eigenvalue weighted by Crippen LogP contribution is 2.56. The molecule has 2 rings (SSSR count). The average Bonchev–Trinajstić information content (AvgIpc) is 2.76. The van der Waals surface area contributed by atoms with E-state index in [1.165, 1.54) is 12.1 Å². The van der Waals surface area contributed by atoms with Crippen LogP contribution >= 0.6 is 0 Å². The SMILES string of the molecule is CC1(C)[C@H](C(=O)NNC(=O)c2ccccc2O)CC[C@]1(C)C(=O)O. The number of carboxylic acid groups (broad SMARTS) is 1. The van der Waals surface area contributed by atoms with Gasteiger partial charge in [-0.25, -0.2) is 0 Å². The molecule has 0 radical (unpaired) electrons. The van der Waals surface area contributed by atoms with Crippen molar-refractivity contribution in [1.29, 1.82) is 0 Å². The van der Waals surface area contributed by atoms with E-state index in [9.17, 15) is 24.6 Å². The summed E-state index contributed by atoms with van der Waals surface area (Å²) in [5.74, 6) is -2.74. The largest absolute Gasteiger partial charge is 0.507 e. The Hall–Kier alpha value is -2.57. The number of rotatable bonds is 3. The van der Waals surface area contributed by atoms with Gasteiger partial charge >= 0.3 is 5.97 Å². The third kappa shape index (κ3) is 2.81. The molecule has 2 atom stereocenters. The fourth-order valence-electron chi connectivity index (χ4n) is 3.28. The van der Waals surface area contributed by atoms with Crippen LogP contribution in [0.2, 0.25) is 0 Å². The molecule has 1 aliphatic rings. The number of carboxylic acids is 1. The van der Waals surface area contributed by atoms with Crippen molar-refractivity contribution in [3.63, 3.8) is 0 Å². The number of amides is 2. The number of phenols is 1. The predicted molar refractivity (Wildman–Crippen MR) is 86.0 cm³/mol. The number of para-hydroxylation sites is 1. The number of phenolic OH excluding ortho intramolecular Hbond substituents is 1. The molecule has 7 nitrogen and oxygen atoms in total. The topological polar surface area (TPSA) is 116 Å². The lowest BCUT2D eigenvalue weighted by atomic mass is 9.65. The van der Waals surface area contributed by atoms with Crippen LogP contribution in [0, 0.1) is 16.7 Å². The van der Waals surface area contributed by atoms with Crippen LogP contribution in [0.5, 0.6) is 5.75 Å². The van der Waals surface area contributed by atoms with Crippen LogP contribution in [-0.4, -0.2) is 28.0 Å². The highest BCUT2D eigenvalue weighted by Gasteiger charge is 2.58. The lowest BCUT2D eigenvalue weighted by Crippen LogP contribution is -2.49. The smallest absolute Gasteiger partial charge is 0.309 e. The summed E-state index contributed by atoms with van der Waals surface area (Å²) < 4.78 is 0. The van der Waals surface area contributed by atoms with Crippen LogP contribution in [0.15, 0.2) is 24.3 Å². The van der Waals surface area contributed by atoms with Crippen LogP contribution in [0.25, 0.3) is 0 Å². The van der Waals surface area contributed by atoms with Crippen molar-refractivity contribution in [3.8, 4) is 5.75 Å². The summed E-state index contributed by atoms with van der Waals surface area (Å²) in [5.41, 5.74) is 2.88. The molecule has 0 heterocycles. The van der Waals surface area contributed by atoms with Crippen molar-refractivity contribution >= 4 is 17.8 Å². The van der Waals surface area contributed by atoms with Crippen molar-refractivity contribution in [2.45, 2.75) is 33.6 Å². The molecule has 0 spiro atoms. The quantitative estimate of drug-likeness (QED) is 0.628. The number of carbonyl (C=O) groups is 3. The Morgan fingerprint density at radius 3 is 2.29 bits per heavy atom. The van der Waals surface area contributed by atoms with E-state index in [4.69, 9.17) is 0 Å². The fourth-order valence-corrected chi connectivity index (χ4v) is 3.28. The van der Waals surface area contributed by atoms with E-state index in [0.29, 0.717) is 12.8 Å². The number of aliphatic carboxylic acids is 1. The lowest BCUT2D eigenvalue weighted by Gasteiger charge is -2.37. The van der Waals surface area contributed by atoms with Gasteiger partial charge in [-0.3, -0.25) is 25.2 Å². The van der Waals surface area contributed by atoms with E-state index in [1.807, 2.05) is 0 Å². The molecule has 0 unspecified atom stereocenters. The molecule has 2 amide bonds. The molecule has 0 aliphatic heterocycles. The number of hydrogen-bond donors (Lipinski definition) is 4. The number of hydrazine groups is 1. The van der Waals surface area contributed by atoms with Gasteiger partial charge in [0.15, 0.2) is 0 Å². The van der Waals surface area contributed by atoms with Gasteiger partial charge in [0, 0.05) is 5.92 Å². The number of nitrogens with one attached hydrogen (secondary N) is 2. The van der Waals surface area contributed by atoms with E-state index in [-0.39, 0.29) is 11.3 Å². The highest BCUT2D eigenvalue weighted by molar-refractivity contribution is 5.98. The minimum atomic E-state index is -1.00. The second-order valence-corrected chi connectivity index (χ2v) is 6.91. The first-order chi connectivity index (χ1) is 11.1. The van der Waals surface area contributed by atoms with Gasteiger partial charge in [0.2, 0.25) is 5.91 Å². The van der Waals surface area contributed by atoms with Gasteiger partial charge in [0.1, 0.15) is 5.75 Å². The van der Waals surface area contributed by atoms with Crippen LogP contribution in [0.1, 0.15) is 44.0 Å². The van der Waals surface area contributed by atoms with Gasteiger partial charge in [0.05, 0.1) is 11.0 Å². The molecular formula is C17H22N2O5. The molecule has 1 aromatic carbocycles. The molecule has 1 aromatic rings. The summed E-state index contributed by atoms with van der Waals surface area (Å²) in [7, 11) is 0. The Morgan fingerprint density at radius 1 is 1.12 bits per heavy atom. The maximum atomic E-state index is 12.4. The number of hydrogen-bond acceptors (Lipinski definition) is 4. The maximum absolute atomic E-state index is 12.4. The van der Waals surface area contributed by atoms with Crippen LogP contribution in [0.4, 0.5) is 0 Å². The highest BCUT2D eigenvalue weighted by atomic mass is 16.4. The summed E-state index contributed by atoms with van der Waals surface area (Å²) in [4.78, 5) is 36.0. The first-order valence-corrected chi connectivity index (χ1v) is 7.73. The van der Waals surface area contributed by atoms with Crippen molar-refractivity contribution in [2.24, 2.45) is 16.7 Å². The monoisotopic (exact) mass is 334 g/mol. The molecule has 4 N–H and O–H groups in total. The minimum absolute atomic E-state index is 0.0406. The lowest BCUT2D eigenvalue weighted by molar-refractivity contribution is -0.155. The van der Waals surface area contributed by atoms with Gasteiger partial charge in [-0.2, -0.15) is 0 Å². The van der Waals surface area contributed by atoms with Crippen molar-refractivity contribution in [1.82, 2.24) is 10.9 Å². The first-order valence-electron chi connectivity index (χ1n) is 7.73. The van der Waals surface area contributed by atoms with E-state index >= 15 is 0 Å². The standard InChI is InChI=1S/C17H22N2O5/c1-16(2)11(8-9-17(16,3)15(23)24)14(22)19-18-13(21)10-6-4-5-7-12(10)20/h4-7,11,20H,8-9H2,1-3H3,(H,18,21)(H,19,22)(H,23,24)/t11-,17+/m0/s1. The van der Waals surface area contributed by atoms with Gasteiger partial charge in [-0.1, -0.05) is 26.0 Å². The molecule has 0 saturated heterocycles. The Kier molecular flexibility index (Phi) is 4.55. The van der Waals surface area contributed by atoms with Crippen LogP contribution in [-0.2, 0) is 9.59 Å². The maximum Gasteiger partial charge on any atom is 0.309 e. The molecule has 24 heavy (non-hydrogen) atoms. The van der Waals surface area contributed by atoms with Crippen molar-refractivity contribution < 1.29 is 24.6 Å². The second-order valence-electron chi connectivity index (χ2n) is 6.91. The van der Waals surface area contributed by atoms with Gasteiger partial charge in [0.25, 0.3) is 5.91 Å². The van der Waals surface area contributed by atoms with E-state index < -0.39 is 34.5 Å². The zero-order valence-corrected chi connectivity index (χ0v) is 13.9. The van der Waals surface area contributed by atoms with Crippen LogP contribution in [0.3, 0.4) is 0 Å². The Morgan fingerprint density at radius 2 is 1.75 bits per heavy atom. The molecule has 0 aromatic heterocycles. The van der Waals surface area contributed by atoms with Gasteiger partial charge in [-0.15, -0.1) is 0 Å². The fraction of sp³-hybridized carbons (Fsp3) is 0.471. The van der Waals surface area contributed by atoms with Crippen molar-refractivity contribution in [2.75, 3.05) is 0 Å². The Bertz CT molecular complexity index is 685. The third-order valence-electron chi connectivity index (χ3n) is 5.46. The second kappa shape index (κ2) is 6.14. The Labute approximate surface area is 140 Å². The normalized spacial score (nSPS) is 25.0. The van der Waals surface area contributed by atoms with Gasteiger partial charge < -0.3 is 10.2 Å². The Balaban J connectivity index is 2.05. The molecule has 1 aliphatic carbocycles. The zero-order chi connectivity index (χ0) is 18.1. The summed E-state index contributed by atoms with van der Waals surface area (Å²) in [5, 5.41) is 19.1. The van der Waals surface area contributed by atoms with Crippen molar-refractivity contribution in [3.05, 3.63) is 29.8 Å².